The van der Waals surface area contributed by atoms with E-state index in [0.29, 0.717) is 17.8 Å². The van der Waals surface area contributed by atoms with Gasteiger partial charge in [0, 0.05) is 19.4 Å². The Kier molecular flexibility index (Phi) is 9.08. The van der Waals surface area contributed by atoms with Gasteiger partial charge in [-0.25, -0.2) is 5.48 Å². The van der Waals surface area contributed by atoms with Gasteiger partial charge in [-0.3, -0.25) is 14.8 Å². The number of nitrogens with one attached hydrogen (secondary N) is 3. The maximum absolute atomic E-state index is 12.7. The summed E-state index contributed by atoms with van der Waals surface area (Å²) in [4.78, 5) is 24.7. The average molecular weight is 365 g/mol. The molecule has 0 aromatic heterocycles. The molecule has 138 valence electrons. The number of carbonyl (C=O) groups is 2. The van der Waals surface area contributed by atoms with Crippen molar-refractivity contribution < 1.29 is 14.8 Å². The molecule has 25 heavy (non-hydrogen) atoms. The number of benzene rings is 1. The highest BCUT2D eigenvalue weighted by molar-refractivity contribution is 7.80. The Morgan fingerprint density at radius 2 is 1.84 bits per heavy atom. The third-order valence-corrected chi connectivity index (χ3v) is 4.33. The molecule has 0 radical (unpaired) electrons. The quantitative estimate of drug-likeness (QED) is 0.304. The molecule has 0 aliphatic rings. The van der Waals surface area contributed by atoms with Crippen LogP contribution in [0.15, 0.2) is 30.3 Å². The summed E-state index contributed by atoms with van der Waals surface area (Å²) in [7, 11) is 1.72. The molecule has 2 atom stereocenters. The van der Waals surface area contributed by atoms with Gasteiger partial charge in [0.1, 0.15) is 0 Å². The van der Waals surface area contributed by atoms with Crippen molar-refractivity contribution in [3.8, 4) is 0 Å². The Hall–Kier alpha value is -1.99. The first-order valence-corrected chi connectivity index (χ1v) is 8.77. The van der Waals surface area contributed by atoms with Crippen LogP contribution < -0.4 is 16.1 Å². The molecule has 1 aromatic carbocycles. The molecule has 0 heterocycles. The van der Waals surface area contributed by atoms with Crippen molar-refractivity contribution in [3.63, 3.8) is 0 Å². The van der Waals surface area contributed by atoms with E-state index in [4.69, 9.17) is 17.4 Å². The molecule has 4 N–H and O–H groups in total. The van der Waals surface area contributed by atoms with Crippen LogP contribution in [0.4, 0.5) is 0 Å². The van der Waals surface area contributed by atoms with Crippen LogP contribution >= 0.6 is 12.2 Å². The summed E-state index contributed by atoms with van der Waals surface area (Å²) in [5, 5.41) is 14.6. The van der Waals surface area contributed by atoms with Crippen LogP contribution in [0.3, 0.4) is 0 Å². The van der Waals surface area contributed by atoms with Crippen LogP contribution in [0.2, 0.25) is 0 Å². The molecule has 0 unspecified atom stereocenters. The van der Waals surface area contributed by atoms with Gasteiger partial charge >= 0.3 is 0 Å². The van der Waals surface area contributed by atoms with Gasteiger partial charge in [-0.15, -0.1) is 0 Å². The van der Waals surface area contributed by atoms with Gasteiger partial charge in [0.25, 0.3) is 0 Å². The van der Waals surface area contributed by atoms with Crippen molar-refractivity contribution in [2.75, 3.05) is 7.05 Å². The molecule has 0 fully saturated rings. The van der Waals surface area contributed by atoms with Crippen molar-refractivity contribution in [1.29, 1.82) is 0 Å². The smallest absolute Gasteiger partial charge is 0.244 e. The zero-order chi connectivity index (χ0) is 18.8. The minimum absolute atomic E-state index is 0.0646. The average Bonchev–Trinajstić information content (AvgIpc) is 2.60. The Bertz CT molecular complexity index is 578. The second kappa shape index (κ2) is 10.8. The maximum atomic E-state index is 12.7. The van der Waals surface area contributed by atoms with Gasteiger partial charge in [-0.05, 0) is 24.3 Å². The van der Waals surface area contributed by atoms with E-state index in [1.165, 1.54) is 0 Å². The molecule has 6 nitrogen and oxygen atoms in total. The minimum Gasteiger partial charge on any atom is -0.381 e. The Morgan fingerprint density at radius 1 is 1.20 bits per heavy atom. The van der Waals surface area contributed by atoms with Crippen LogP contribution in [0.1, 0.15) is 32.3 Å². The van der Waals surface area contributed by atoms with Crippen molar-refractivity contribution in [2.45, 2.75) is 39.2 Å². The summed E-state index contributed by atoms with van der Waals surface area (Å²) in [5.74, 6) is -1.09. The number of amides is 2. The summed E-state index contributed by atoms with van der Waals surface area (Å²) < 4.78 is 0. The van der Waals surface area contributed by atoms with Gasteiger partial charge in [-0.2, -0.15) is 0 Å². The van der Waals surface area contributed by atoms with E-state index >= 15 is 0 Å². The van der Waals surface area contributed by atoms with E-state index in [1.54, 1.807) is 12.5 Å². The monoisotopic (exact) mass is 365 g/mol. The number of hydrogen-bond donors (Lipinski definition) is 4. The van der Waals surface area contributed by atoms with E-state index in [9.17, 15) is 9.59 Å². The first-order valence-electron chi connectivity index (χ1n) is 8.36. The second-order valence-electron chi connectivity index (χ2n) is 6.43. The summed E-state index contributed by atoms with van der Waals surface area (Å²) >= 11 is 5.33. The predicted octanol–water partition coefficient (Wildman–Crippen LogP) is 1.82. The number of thiocarbonyl (C=S) groups is 1. The molecule has 0 saturated carbocycles. The minimum atomic E-state index is -0.573. The predicted molar refractivity (Wildman–Crippen MR) is 101 cm³/mol. The maximum Gasteiger partial charge on any atom is 0.244 e. The fourth-order valence-corrected chi connectivity index (χ4v) is 2.79. The van der Waals surface area contributed by atoms with Crippen LogP contribution in [0.25, 0.3) is 0 Å². The standard InChI is InChI=1S/C18H27N3O3S/c1-12(2)9-14(11-16(22)21-24)17(23)20-15(18(25)19-3)10-13-7-5-4-6-8-13/h4-8,12,14-15,24H,9-11H2,1-3H3,(H,19,25)(H,20,23)(H,21,22)/t14-,15+/m1/s1. The van der Waals surface area contributed by atoms with Crippen LogP contribution in [0.5, 0.6) is 0 Å². The van der Waals surface area contributed by atoms with Gasteiger partial charge in [0.05, 0.1) is 11.0 Å². The fraction of sp³-hybridized carbons (Fsp3) is 0.500. The van der Waals surface area contributed by atoms with Gasteiger partial charge in [0.2, 0.25) is 11.8 Å². The Morgan fingerprint density at radius 3 is 2.36 bits per heavy atom. The zero-order valence-electron chi connectivity index (χ0n) is 14.9. The van der Waals surface area contributed by atoms with Crippen molar-refractivity contribution >= 4 is 29.0 Å². The first kappa shape index (κ1) is 21.1. The molecule has 0 aliphatic carbocycles. The van der Waals surface area contributed by atoms with E-state index < -0.39 is 11.8 Å². The van der Waals surface area contributed by atoms with Crippen molar-refractivity contribution in [1.82, 2.24) is 16.1 Å². The molecule has 0 bridgehead atoms. The van der Waals surface area contributed by atoms with Crippen LogP contribution in [-0.2, 0) is 16.0 Å². The number of likely N-dealkylation sites (N-methyl/N-ethyl adjacent to an activating group) is 1. The summed E-state index contributed by atoms with van der Waals surface area (Å²) in [6.45, 7) is 3.97. The summed E-state index contributed by atoms with van der Waals surface area (Å²) in [6.07, 6.45) is 1.04. The van der Waals surface area contributed by atoms with E-state index in [1.807, 2.05) is 44.2 Å². The van der Waals surface area contributed by atoms with Gasteiger partial charge in [0.15, 0.2) is 0 Å². The number of hydroxylamine groups is 1. The van der Waals surface area contributed by atoms with Crippen molar-refractivity contribution in [2.24, 2.45) is 11.8 Å². The number of carbonyl (C=O) groups excluding carboxylic acids is 2. The fourth-order valence-electron chi connectivity index (χ4n) is 2.64. The molecule has 2 amide bonds. The normalized spacial score (nSPS) is 13.0. The van der Waals surface area contributed by atoms with Gasteiger partial charge in [-0.1, -0.05) is 56.4 Å². The zero-order valence-corrected chi connectivity index (χ0v) is 15.7. The molecule has 0 spiro atoms. The highest BCUT2D eigenvalue weighted by Crippen LogP contribution is 2.16. The molecular weight excluding hydrogens is 338 g/mol. The lowest BCUT2D eigenvalue weighted by molar-refractivity contribution is -0.135. The summed E-state index contributed by atoms with van der Waals surface area (Å²) in [5.41, 5.74) is 2.65. The van der Waals surface area contributed by atoms with Crippen LogP contribution in [0, 0.1) is 11.8 Å². The van der Waals surface area contributed by atoms with Gasteiger partial charge < -0.3 is 10.6 Å². The number of rotatable bonds is 9. The summed E-state index contributed by atoms with van der Waals surface area (Å²) in [6, 6.07) is 9.39. The Balaban J connectivity index is 2.85. The van der Waals surface area contributed by atoms with Crippen molar-refractivity contribution in [3.05, 3.63) is 35.9 Å². The molecule has 1 aromatic rings. The third kappa shape index (κ3) is 7.62. The lowest BCUT2D eigenvalue weighted by atomic mass is 9.92. The molecule has 0 saturated heterocycles. The molecular formula is C18H27N3O3S. The topological polar surface area (TPSA) is 90.5 Å². The Labute approximate surface area is 154 Å². The first-order chi connectivity index (χ1) is 11.9. The molecule has 0 aliphatic heterocycles. The van der Waals surface area contributed by atoms with Crippen LogP contribution in [-0.4, -0.2) is 35.1 Å². The van der Waals surface area contributed by atoms with E-state index in [-0.39, 0.29) is 24.3 Å². The lowest BCUT2D eigenvalue weighted by Crippen LogP contribution is -2.48. The second-order valence-corrected chi connectivity index (χ2v) is 6.87. The third-order valence-electron chi connectivity index (χ3n) is 3.85. The SMILES string of the molecule is CNC(=S)[C@H](Cc1ccccc1)NC(=O)[C@@H](CC(=O)NO)CC(C)C. The highest BCUT2D eigenvalue weighted by atomic mass is 32.1. The largest absolute Gasteiger partial charge is 0.381 e. The molecule has 7 heteroatoms. The molecule has 1 rings (SSSR count). The van der Waals surface area contributed by atoms with E-state index in [0.717, 1.165) is 5.56 Å². The highest BCUT2D eigenvalue weighted by Gasteiger charge is 2.26. The number of hydrogen-bond acceptors (Lipinski definition) is 4. The lowest BCUT2D eigenvalue weighted by Gasteiger charge is -2.24. The van der Waals surface area contributed by atoms with E-state index in [2.05, 4.69) is 10.6 Å².